The van der Waals surface area contributed by atoms with Crippen LogP contribution in [0, 0.1) is 0 Å². The molecule has 7 heteroatoms. The highest BCUT2D eigenvalue weighted by Crippen LogP contribution is 2.20. The molecule has 1 aliphatic carbocycles. The average Bonchev–Trinajstić information content (AvgIpc) is 2.47. The van der Waals surface area contributed by atoms with Gasteiger partial charge in [0.05, 0.1) is 11.3 Å². The summed E-state index contributed by atoms with van der Waals surface area (Å²) in [6.45, 7) is 5.32. The van der Waals surface area contributed by atoms with Crippen LogP contribution in [0.4, 0.5) is 0 Å². The second-order valence-electron chi connectivity index (χ2n) is 7.59. The molecule has 0 saturated heterocycles. The molecule has 1 fully saturated rings. The third-order valence-electron chi connectivity index (χ3n) is 4.13. The van der Waals surface area contributed by atoms with Gasteiger partial charge in [-0.1, -0.05) is 31.0 Å². The van der Waals surface area contributed by atoms with E-state index in [0.717, 1.165) is 25.7 Å². The number of hydrogen-bond acceptors (Lipinski definition) is 5. The molecule has 1 aromatic rings. The summed E-state index contributed by atoms with van der Waals surface area (Å²) >= 11 is 0. The first kappa shape index (κ1) is 19.9. The maximum atomic E-state index is 12.6. The van der Waals surface area contributed by atoms with Crippen molar-refractivity contribution in [1.29, 1.82) is 0 Å². The van der Waals surface area contributed by atoms with E-state index in [4.69, 9.17) is 10.5 Å². The first-order chi connectivity index (χ1) is 11.6. The number of rotatable bonds is 5. The number of nitrogens with one attached hydrogen (secondary N) is 1. The largest absolute Gasteiger partial charge is 0.456 e. The Morgan fingerprint density at radius 2 is 1.88 bits per heavy atom. The highest BCUT2D eigenvalue weighted by atomic mass is 32.2. The van der Waals surface area contributed by atoms with Crippen LogP contribution in [0.3, 0.4) is 0 Å². The van der Waals surface area contributed by atoms with Crippen molar-refractivity contribution >= 4 is 16.0 Å². The van der Waals surface area contributed by atoms with Crippen LogP contribution in [0.25, 0.3) is 0 Å². The van der Waals surface area contributed by atoms with E-state index < -0.39 is 21.6 Å². The normalized spacial score (nSPS) is 21.8. The average molecular weight is 368 g/mol. The van der Waals surface area contributed by atoms with E-state index in [-0.39, 0.29) is 23.4 Å². The van der Waals surface area contributed by atoms with Gasteiger partial charge in [-0.15, -0.1) is 0 Å². The third kappa shape index (κ3) is 6.09. The standard InChI is InChI=1S/C18H28N2O4S/c1-18(2,3)24-17(21)14-9-5-4-8-13(14)12-25(22,23)20-16-11-7-6-10-15(16)19/h4-5,8-9,15-16,20H,6-7,10-12,19H2,1-3H3. The molecule has 3 N–H and O–H groups in total. The zero-order valence-electron chi connectivity index (χ0n) is 15.1. The zero-order valence-corrected chi connectivity index (χ0v) is 15.9. The predicted octanol–water partition coefficient (Wildman–Crippen LogP) is 2.33. The van der Waals surface area contributed by atoms with Crippen LogP contribution in [0.5, 0.6) is 0 Å². The van der Waals surface area contributed by atoms with Crippen LogP contribution in [0.2, 0.25) is 0 Å². The number of carbonyl (C=O) groups is 1. The molecule has 0 amide bonds. The number of esters is 1. The van der Waals surface area contributed by atoms with Crippen LogP contribution >= 0.6 is 0 Å². The summed E-state index contributed by atoms with van der Waals surface area (Å²) in [4.78, 5) is 12.4. The van der Waals surface area contributed by atoms with Crippen molar-refractivity contribution in [2.75, 3.05) is 0 Å². The zero-order chi connectivity index (χ0) is 18.7. The van der Waals surface area contributed by atoms with E-state index in [1.165, 1.54) is 0 Å². The van der Waals surface area contributed by atoms with E-state index in [1.807, 2.05) is 0 Å². The molecule has 1 aliphatic rings. The summed E-state index contributed by atoms with van der Waals surface area (Å²) in [7, 11) is -3.60. The number of hydrogen-bond donors (Lipinski definition) is 2. The SMILES string of the molecule is CC(C)(C)OC(=O)c1ccccc1CS(=O)(=O)NC1CCCCC1N. The lowest BCUT2D eigenvalue weighted by atomic mass is 9.92. The Balaban J connectivity index is 2.15. The number of carbonyl (C=O) groups excluding carboxylic acids is 1. The molecule has 2 atom stereocenters. The lowest BCUT2D eigenvalue weighted by Gasteiger charge is -2.29. The van der Waals surface area contributed by atoms with Crippen molar-refractivity contribution in [1.82, 2.24) is 4.72 Å². The number of benzene rings is 1. The molecule has 6 nitrogen and oxygen atoms in total. The topological polar surface area (TPSA) is 98.5 Å². The second kappa shape index (κ2) is 7.85. The molecule has 25 heavy (non-hydrogen) atoms. The van der Waals surface area contributed by atoms with E-state index in [9.17, 15) is 13.2 Å². The molecule has 0 spiro atoms. The summed E-state index contributed by atoms with van der Waals surface area (Å²) in [6, 6.07) is 6.23. The monoisotopic (exact) mass is 368 g/mol. The van der Waals surface area contributed by atoms with Gasteiger partial charge in [-0.25, -0.2) is 17.9 Å². The third-order valence-corrected chi connectivity index (χ3v) is 5.48. The van der Waals surface area contributed by atoms with Crippen LogP contribution in [-0.2, 0) is 20.5 Å². The Morgan fingerprint density at radius 3 is 2.52 bits per heavy atom. The fraction of sp³-hybridized carbons (Fsp3) is 0.611. The molecule has 0 radical (unpaired) electrons. The first-order valence-electron chi connectivity index (χ1n) is 8.64. The maximum absolute atomic E-state index is 12.6. The molecule has 1 aromatic carbocycles. The Morgan fingerprint density at radius 1 is 1.24 bits per heavy atom. The summed E-state index contributed by atoms with van der Waals surface area (Å²) in [5, 5.41) is 0. The Hall–Kier alpha value is -1.44. The van der Waals surface area contributed by atoms with Gasteiger partial charge in [-0.3, -0.25) is 0 Å². The van der Waals surface area contributed by atoms with E-state index in [0.29, 0.717) is 5.56 Å². The molecule has 140 valence electrons. The Labute approximate surface area is 150 Å². The van der Waals surface area contributed by atoms with Crippen molar-refractivity contribution in [3.05, 3.63) is 35.4 Å². The molecule has 0 aromatic heterocycles. The second-order valence-corrected chi connectivity index (χ2v) is 9.34. The fourth-order valence-electron chi connectivity index (χ4n) is 2.96. The quantitative estimate of drug-likeness (QED) is 0.777. The smallest absolute Gasteiger partial charge is 0.338 e. The first-order valence-corrected chi connectivity index (χ1v) is 10.3. The van der Waals surface area contributed by atoms with Crippen molar-refractivity contribution in [2.45, 2.75) is 69.9 Å². The van der Waals surface area contributed by atoms with Gasteiger partial charge in [0.25, 0.3) is 0 Å². The van der Waals surface area contributed by atoms with Crippen LogP contribution in [0.15, 0.2) is 24.3 Å². The Bertz CT molecular complexity index is 710. The van der Waals surface area contributed by atoms with Crippen LogP contribution in [-0.4, -0.2) is 32.1 Å². The maximum Gasteiger partial charge on any atom is 0.338 e. The van der Waals surface area contributed by atoms with Crippen molar-refractivity contribution in [2.24, 2.45) is 5.73 Å². The molecule has 2 rings (SSSR count). The van der Waals surface area contributed by atoms with Gasteiger partial charge in [-0.2, -0.15) is 0 Å². The minimum Gasteiger partial charge on any atom is -0.456 e. The van der Waals surface area contributed by atoms with Gasteiger partial charge in [0.15, 0.2) is 0 Å². The Kier molecular flexibility index (Phi) is 6.24. The van der Waals surface area contributed by atoms with Gasteiger partial charge >= 0.3 is 5.97 Å². The molecule has 0 aliphatic heterocycles. The van der Waals surface area contributed by atoms with Gasteiger partial charge in [0.2, 0.25) is 10.0 Å². The highest BCUT2D eigenvalue weighted by Gasteiger charge is 2.28. The lowest BCUT2D eigenvalue weighted by molar-refractivity contribution is 0.00687. The number of sulfonamides is 1. The summed E-state index contributed by atoms with van der Waals surface area (Å²) in [5.74, 6) is -0.793. The van der Waals surface area contributed by atoms with Gasteiger partial charge < -0.3 is 10.5 Å². The van der Waals surface area contributed by atoms with Crippen molar-refractivity contribution in [3.63, 3.8) is 0 Å². The molecule has 0 bridgehead atoms. The highest BCUT2D eigenvalue weighted by molar-refractivity contribution is 7.88. The minimum atomic E-state index is -3.60. The van der Waals surface area contributed by atoms with Crippen LogP contribution in [0.1, 0.15) is 62.4 Å². The fourth-order valence-corrected chi connectivity index (χ4v) is 4.46. The van der Waals surface area contributed by atoms with E-state index in [2.05, 4.69) is 4.72 Å². The summed E-state index contributed by atoms with van der Waals surface area (Å²) in [5.41, 5.74) is 6.08. The van der Waals surface area contributed by atoms with Crippen molar-refractivity contribution in [3.8, 4) is 0 Å². The summed E-state index contributed by atoms with van der Waals surface area (Å²) in [6.07, 6.45) is 3.56. The molecule has 1 saturated carbocycles. The van der Waals surface area contributed by atoms with Crippen LogP contribution < -0.4 is 10.5 Å². The van der Waals surface area contributed by atoms with Gasteiger partial charge in [-0.05, 0) is 45.2 Å². The van der Waals surface area contributed by atoms with Gasteiger partial charge in [0.1, 0.15) is 5.60 Å². The minimum absolute atomic E-state index is 0.162. The van der Waals surface area contributed by atoms with Crippen molar-refractivity contribution < 1.29 is 17.9 Å². The van der Waals surface area contributed by atoms with E-state index in [1.54, 1.807) is 45.0 Å². The molecular formula is C18H28N2O4S. The molecule has 0 heterocycles. The molecule has 2 unspecified atom stereocenters. The summed E-state index contributed by atoms with van der Waals surface area (Å²) < 4.78 is 33.2. The number of ether oxygens (including phenoxy) is 1. The predicted molar refractivity (Wildman–Crippen MR) is 97.6 cm³/mol. The van der Waals surface area contributed by atoms with E-state index >= 15 is 0 Å². The lowest BCUT2D eigenvalue weighted by Crippen LogP contribution is -2.49. The van der Waals surface area contributed by atoms with Gasteiger partial charge in [0, 0.05) is 12.1 Å². The number of nitrogens with two attached hydrogens (primary N) is 1. The molecular weight excluding hydrogens is 340 g/mol.